The van der Waals surface area contributed by atoms with E-state index >= 15 is 0 Å². The summed E-state index contributed by atoms with van der Waals surface area (Å²) in [6.07, 6.45) is 1.49. The first kappa shape index (κ1) is 17.2. The van der Waals surface area contributed by atoms with Crippen molar-refractivity contribution < 1.29 is 47.6 Å². The predicted octanol–water partition coefficient (Wildman–Crippen LogP) is -2.99. The normalized spacial score (nSPS) is 10.8. The molecule has 0 atom stereocenters. The van der Waals surface area contributed by atoms with Gasteiger partial charge in [-0.25, -0.2) is 18.6 Å². The Morgan fingerprint density at radius 3 is 2.00 bits per heavy atom. The van der Waals surface area contributed by atoms with Crippen molar-refractivity contribution in [3.8, 4) is 11.5 Å². The molecule has 1 N–H and O–H groups in total. The molecule has 0 unspecified atom stereocenters. The number of hydrogen-bond acceptors (Lipinski definition) is 7. The van der Waals surface area contributed by atoms with Crippen LogP contribution in [0.3, 0.4) is 0 Å². The molecular formula is C12H13ClO8. The van der Waals surface area contributed by atoms with Crippen molar-refractivity contribution in [2.45, 2.75) is 6.92 Å². The van der Waals surface area contributed by atoms with Gasteiger partial charge in [0.1, 0.15) is 5.56 Å². The zero-order valence-electron chi connectivity index (χ0n) is 11.4. The summed E-state index contributed by atoms with van der Waals surface area (Å²) in [5.74, 6) is 1.26. The van der Waals surface area contributed by atoms with E-state index in [1.165, 1.54) is 6.26 Å². The van der Waals surface area contributed by atoms with Gasteiger partial charge in [0.25, 0.3) is 0 Å². The molecule has 0 radical (unpaired) electrons. The molecule has 0 saturated heterocycles. The second kappa shape index (κ2) is 6.74. The third kappa shape index (κ3) is 4.88. The van der Waals surface area contributed by atoms with E-state index in [4.69, 9.17) is 32.5 Å². The highest BCUT2D eigenvalue weighted by Gasteiger charge is 2.13. The van der Waals surface area contributed by atoms with Gasteiger partial charge in [-0.1, -0.05) is 0 Å². The molecule has 8 nitrogen and oxygen atoms in total. The summed E-state index contributed by atoms with van der Waals surface area (Å²) in [6, 6.07) is 3.63. The van der Waals surface area contributed by atoms with Crippen LogP contribution >= 0.6 is 0 Å². The molecule has 116 valence electrons. The van der Waals surface area contributed by atoms with Crippen LogP contribution in [0.5, 0.6) is 11.5 Å². The molecule has 0 spiro atoms. The number of ether oxygens (including phenoxy) is 2. The Morgan fingerprint density at radius 2 is 1.52 bits per heavy atom. The molecule has 1 aromatic heterocycles. The topological polar surface area (TPSA) is 145 Å². The van der Waals surface area contributed by atoms with E-state index in [-0.39, 0.29) is 5.63 Å². The van der Waals surface area contributed by atoms with Crippen LogP contribution < -0.4 is 33.7 Å². The van der Waals surface area contributed by atoms with Crippen LogP contribution in [0.2, 0.25) is 0 Å². The van der Waals surface area contributed by atoms with Gasteiger partial charge < -0.3 is 14.3 Å². The third-order valence-corrected chi connectivity index (χ3v) is 2.58. The van der Waals surface area contributed by atoms with Crippen LogP contribution in [0.1, 0.15) is 5.56 Å². The Hall–Kier alpha value is -1.84. The van der Waals surface area contributed by atoms with Crippen LogP contribution in [0.25, 0.3) is 10.8 Å². The number of methoxy groups -OCH3 is 2. The van der Waals surface area contributed by atoms with Gasteiger partial charge in [0.15, 0.2) is 11.5 Å². The molecule has 0 bridgehead atoms. The highest BCUT2D eigenvalue weighted by atomic mass is 35.7. The maximum Gasteiger partial charge on any atom is 0.519 e. The van der Waals surface area contributed by atoms with Gasteiger partial charge in [0.05, 0.1) is 19.6 Å². The van der Waals surface area contributed by atoms with Gasteiger partial charge in [-0.15, -0.1) is 10.2 Å². The smallest absolute Gasteiger partial charge is 0.493 e. The highest BCUT2D eigenvalue weighted by molar-refractivity contribution is 5.87. The van der Waals surface area contributed by atoms with Crippen LogP contribution in [-0.2, 0) is 0 Å². The summed E-state index contributed by atoms with van der Waals surface area (Å²) in [7, 11) is -1.79. The van der Waals surface area contributed by atoms with E-state index in [0.717, 1.165) is 10.8 Å². The minimum Gasteiger partial charge on any atom is -0.493 e. The monoisotopic (exact) mass is 320 g/mol. The van der Waals surface area contributed by atoms with Crippen molar-refractivity contribution >= 4 is 10.8 Å². The van der Waals surface area contributed by atoms with Crippen molar-refractivity contribution in [2.75, 3.05) is 14.2 Å². The lowest BCUT2D eigenvalue weighted by atomic mass is 10.1. The number of fused-ring (bicyclic) bond motifs is 1. The van der Waals surface area contributed by atoms with Crippen molar-refractivity contribution in [1.29, 1.82) is 0 Å². The Kier molecular flexibility index (Phi) is 5.53. The Bertz CT molecular complexity index is 667. The summed E-state index contributed by atoms with van der Waals surface area (Å²) in [6.45, 7) is 1.78. The van der Waals surface area contributed by atoms with Gasteiger partial charge in [-0.05, 0) is 19.1 Å². The zero-order valence-corrected chi connectivity index (χ0v) is 12.2. The maximum atomic E-state index is 9.47. The van der Waals surface area contributed by atoms with Gasteiger partial charge in [-0.3, -0.25) is 4.42 Å². The van der Waals surface area contributed by atoms with Gasteiger partial charge in [0, 0.05) is 5.39 Å². The minimum atomic E-state index is -4.94. The lowest BCUT2D eigenvalue weighted by molar-refractivity contribution is -2.00. The van der Waals surface area contributed by atoms with Crippen molar-refractivity contribution in [3.05, 3.63) is 29.6 Å². The molecule has 2 rings (SSSR count). The molecule has 0 aliphatic carbocycles. The number of aryl methyl sites for hydroxylation is 1. The molecular weight excluding hydrogens is 308 g/mol. The van der Waals surface area contributed by atoms with E-state index in [2.05, 4.69) is 0 Å². The Morgan fingerprint density at radius 1 is 1.05 bits per heavy atom. The number of benzene rings is 1. The van der Waals surface area contributed by atoms with Crippen LogP contribution in [0.4, 0.5) is 0 Å². The summed E-state index contributed by atoms with van der Waals surface area (Å²) in [4.78, 5) is 9.47. The molecule has 0 fully saturated rings. The van der Waals surface area contributed by atoms with Gasteiger partial charge >= 0.3 is 5.63 Å². The minimum absolute atomic E-state index is 0.0836. The first-order valence-corrected chi connectivity index (χ1v) is 6.68. The fourth-order valence-corrected chi connectivity index (χ4v) is 1.64. The van der Waals surface area contributed by atoms with E-state index in [1.807, 2.05) is 12.1 Å². The summed E-state index contributed by atoms with van der Waals surface area (Å²) < 4.78 is 49.4. The standard InChI is InChI=1S/C12H12O4.ClHO4/c1-7-9-5-11(15-3)10(14-2)4-8(9)6-16-12(7)13;2-1(3,4)5/h4-6H,1-3H3;(H,2,3,4,5). The Labute approximate surface area is 121 Å². The van der Waals surface area contributed by atoms with Gasteiger partial charge in [0.2, 0.25) is 6.26 Å². The zero-order chi connectivity index (χ0) is 16.2. The van der Waals surface area contributed by atoms with E-state index in [0.29, 0.717) is 17.1 Å². The van der Waals surface area contributed by atoms with E-state index in [9.17, 15) is 4.79 Å². The quantitative estimate of drug-likeness (QED) is 0.536. The fourth-order valence-electron chi connectivity index (χ4n) is 1.64. The number of hydrogen-bond donors (Lipinski definition) is 0. The first-order valence-electron chi connectivity index (χ1n) is 5.45. The molecule has 2 aromatic rings. The second-order valence-corrected chi connectivity index (χ2v) is 4.59. The van der Waals surface area contributed by atoms with Gasteiger partial charge in [-0.2, -0.15) is 0 Å². The van der Waals surface area contributed by atoms with Crippen LogP contribution in [-0.4, -0.2) is 19.0 Å². The molecule has 1 heterocycles. The molecule has 0 saturated carbocycles. The Balaban J connectivity index is 0.000000383. The molecule has 1 aromatic carbocycles. The van der Waals surface area contributed by atoms with E-state index in [1.54, 1.807) is 21.1 Å². The van der Waals surface area contributed by atoms with Crippen LogP contribution in [0.15, 0.2) is 22.8 Å². The lowest BCUT2D eigenvalue weighted by Crippen LogP contribution is -2.68. The summed E-state index contributed by atoms with van der Waals surface area (Å²) >= 11 is 0. The molecule has 0 amide bonds. The maximum absolute atomic E-state index is 9.47. The lowest BCUT2D eigenvalue weighted by Gasteiger charge is -2.17. The number of halogens is 1. The van der Waals surface area contributed by atoms with Crippen LogP contribution in [0, 0.1) is 17.2 Å². The average Bonchev–Trinajstić information content (AvgIpc) is 2.40. The van der Waals surface area contributed by atoms with Crippen molar-refractivity contribution in [2.24, 2.45) is 0 Å². The predicted molar refractivity (Wildman–Crippen MR) is 59.1 cm³/mol. The highest BCUT2D eigenvalue weighted by Crippen LogP contribution is 2.32. The second-order valence-electron chi connectivity index (χ2n) is 3.84. The molecule has 21 heavy (non-hydrogen) atoms. The fraction of sp³-hybridized carbons (Fsp3) is 0.250. The van der Waals surface area contributed by atoms with Crippen molar-refractivity contribution in [3.63, 3.8) is 0 Å². The number of rotatable bonds is 2. The largest absolute Gasteiger partial charge is 0.519 e. The molecule has 9 heteroatoms. The van der Waals surface area contributed by atoms with Crippen molar-refractivity contribution in [1.82, 2.24) is 0 Å². The molecule has 0 aliphatic heterocycles. The SMILES string of the molecule is COc1cc2coc(=[OH+])c(C)c2cc1OC.[O-][Cl+3]([O-])([O-])[O-]. The first-order chi connectivity index (χ1) is 9.67. The molecule has 0 aliphatic rings. The third-order valence-electron chi connectivity index (χ3n) is 2.58. The summed E-state index contributed by atoms with van der Waals surface area (Å²) in [5.41, 5.74) is 0.596. The van der Waals surface area contributed by atoms with E-state index < -0.39 is 10.2 Å². The average molecular weight is 321 g/mol. The summed E-state index contributed by atoms with van der Waals surface area (Å²) in [5, 5.41) is 1.73.